The molecule has 0 radical (unpaired) electrons. The molecule has 0 spiro atoms. The van der Waals surface area contributed by atoms with Gasteiger partial charge in [0.05, 0.1) is 12.2 Å². The van der Waals surface area contributed by atoms with E-state index >= 15 is 4.39 Å². The number of nitrogen functional groups attached to an aromatic ring is 1. The average molecular weight is 434 g/mol. The summed E-state index contributed by atoms with van der Waals surface area (Å²) in [4.78, 5) is 4.07. The van der Waals surface area contributed by atoms with Crippen LogP contribution in [-0.4, -0.2) is 24.4 Å². The summed E-state index contributed by atoms with van der Waals surface area (Å²) in [7, 11) is 0. The molecule has 0 saturated heterocycles. The van der Waals surface area contributed by atoms with Crippen molar-refractivity contribution in [3.63, 3.8) is 0 Å². The van der Waals surface area contributed by atoms with Crippen molar-refractivity contribution in [3.8, 4) is 22.3 Å². The van der Waals surface area contributed by atoms with E-state index in [1.165, 1.54) is 22.8 Å². The van der Waals surface area contributed by atoms with Gasteiger partial charge in [-0.15, -0.1) is 5.10 Å². The first-order valence-corrected chi connectivity index (χ1v) is 9.80. The zero-order chi connectivity index (χ0) is 22.4. The zero-order valence-electron chi connectivity index (χ0n) is 16.9. The first-order chi connectivity index (χ1) is 15.4. The summed E-state index contributed by atoms with van der Waals surface area (Å²) in [6.45, 7) is 1.89. The quantitative estimate of drug-likeness (QED) is 0.438. The molecule has 3 heterocycles. The number of fused-ring (bicyclic) bond motifs is 1. The lowest BCUT2D eigenvalue weighted by molar-refractivity contribution is 0.561. The van der Waals surface area contributed by atoms with Crippen molar-refractivity contribution >= 4 is 11.6 Å². The van der Waals surface area contributed by atoms with Gasteiger partial charge in [0.15, 0.2) is 5.65 Å². The normalized spacial score (nSPS) is 12.4. The second-order valence-corrected chi connectivity index (χ2v) is 7.44. The molecule has 6 nitrogen and oxygen atoms in total. The van der Waals surface area contributed by atoms with Crippen LogP contribution in [0.4, 0.5) is 19.1 Å². The average Bonchev–Trinajstić information content (AvgIpc) is 3.40. The van der Waals surface area contributed by atoms with Gasteiger partial charge in [-0.2, -0.15) is 10.1 Å². The molecule has 1 atom stereocenters. The highest BCUT2D eigenvalue weighted by atomic mass is 19.1. The molecule has 2 N–H and O–H groups in total. The van der Waals surface area contributed by atoms with E-state index in [-0.39, 0.29) is 28.9 Å². The van der Waals surface area contributed by atoms with Crippen molar-refractivity contribution in [2.75, 3.05) is 5.73 Å². The molecule has 0 saturated carbocycles. The molecule has 0 fully saturated rings. The number of anilines is 1. The predicted octanol–water partition coefficient (Wildman–Crippen LogP) is 4.87. The molecule has 5 rings (SSSR count). The van der Waals surface area contributed by atoms with Crippen LogP contribution in [0.5, 0.6) is 0 Å². The summed E-state index contributed by atoms with van der Waals surface area (Å²) in [5.41, 5.74) is 7.89. The molecule has 3 aromatic heterocycles. The SMILES string of the molecule is C[C@H](c1ccc(F)cc1)n1cc(-c2cc(F)cc(-c3ccn4nc(N)nc4c3)c2F)cn1. The van der Waals surface area contributed by atoms with Gasteiger partial charge in [0, 0.05) is 29.1 Å². The maximum atomic E-state index is 15.5. The molecular formula is C23H17F3N6. The summed E-state index contributed by atoms with van der Waals surface area (Å²) in [6.07, 6.45) is 4.70. The van der Waals surface area contributed by atoms with Gasteiger partial charge in [0.1, 0.15) is 17.5 Å². The topological polar surface area (TPSA) is 74.0 Å². The predicted molar refractivity (Wildman–Crippen MR) is 114 cm³/mol. The maximum absolute atomic E-state index is 15.5. The van der Waals surface area contributed by atoms with E-state index in [1.807, 2.05) is 6.92 Å². The molecule has 2 aromatic carbocycles. The number of hydrogen-bond acceptors (Lipinski definition) is 4. The highest BCUT2D eigenvalue weighted by Crippen LogP contribution is 2.33. The number of halogens is 3. The smallest absolute Gasteiger partial charge is 0.240 e. The third-order valence-electron chi connectivity index (χ3n) is 5.36. The van der Waals surface area contributed by atoms with Crippen LogP contribution in [0.15, 0.2) is 67.1 Å². The van der Waals surface area contributed by atoms with Crippen molar-refractivity contribution in [3.05, 3.63) is 90.1 Å². The first kappa shape index (κ1) is 19.8. The fourth-order valence-corrected chi connectivity index (χ4v) is 3.66. The molecule has 5 aromatic rings. The summed E-state index contributed by atoms with van der Waals surface area (Å²) >= 11 is 0. The number of rotatable bonds is 4. The highest BCUT2D eigenvalue weighted by molar-refractivity contribution is 5.75. The van der Waals surface area contributed by atoms with Crippen LogP contribution >= 0.6 is 0 Å². The lowest BCUT2D eigenvalue weighted by Gasteiger charge is -2.12. The molecule has 160 valence electrons. The Morgan fingerprint density at radius 3 is 2.38 bits per heavy atom. The summed E-state index contributed by atoms with van der Waals surface area (Å²) in [5, 5.41) is 8.29. The van der Waals surface area contributed by atoms with Crippen molar-refractivity contribution in [2.45, 2.75) is 13.0 Å². The van der Waals surface area contributed by atoms with Gasteiger partial charge >= 0.3 is 0 Å². The Bertz CT molecular complexity index is 1440. The summed E-state index contributed by atoms with van der Waals surface area (Å²) < 4.78 is 46.3. The zero-order valence-corrected chi connectivity index (χ0v) is 16.9. The second-order valence-electron chi connectivity index (χ2n) is 7.44. The Morgan fingerprint density at radius 1 is 0.906 bits per heavy atom. The van der Waals surface area contributed by atoms with Crippen molar-refractivity contribution in [1.82, 2.24) is 24.4 Å². The van der Waals surface area contributed by atoms with Gasteiger partial charge in [0.2, 0.25) is 5.95 Å². The number of aromatic nitrogens is 5. The van der Waals surface area contributed by atoms with Gasteiger partial charge in [-0.1, -0.05) is 12.1 Å². The van der Waals surface area contributed by atoms with Gasteiger partial charge in [0.25, 0.3) is 0 Å². The van der Waals surface area contributed by atoms with Gasteiger partial charge in [-0.25, -0.2) is 17.7 Å². The Kier molecular flexibility index (Phi) is 4.66. The number of pyridine rings is 1. The van der Waals surface area contributed by atoms with Gasteiger partial charge in [-0.05, 0) is 54.4 Å². The largest absolute Gasteiger partial charge is 0.366 e. The van der Waals surface area contributed by atoms with Crippen molar-refractivity contribution < 1.29 is 13.2 Å². The Balaban J connectivity index is 1.54. The summed E-state index contributed by atoms with van der Waals surface area (Å²) in [6, 6.07) is 11.3. The van der Waals surface area contributed by atoms with Crippen LogP contribution in [0.3, 0.4) is 0 Å². The van der Waals surface area contributed by atoms with Crippen LogP contribution < -0.4 is 5.73 Å². The molecular weight excluding hydrogens is 417 g/mol. The second kappa shape index (κ2) is 7.52. The molecule has 0 bridgehead atoms. The maximum Gasteiger partial charge on any atom is 0.240 e. The number of hydrogen-bond donors (Lipinski definition) is 1. The molecule has 0 unspecified atom stereocenters. The minimum absolute atomic E-state index is 0.0819. The Hall–Kier alpha value is -4.14. The van der Waals surface area contributed by atoms with Crippen LogP contribution in [0, 0.1) is 17.5 Å². The van der Waals surface area contributed by atoms with Gasteiger partial charge < -0.3 is 5.73 Å². The van der Waals surface area contributed by atoms with E-state index in [4.69, 9.17) is 5.73 Å². The van der Waals surface area contributed by atoms with E-state index in [0.29, 0.717) is 16.8 Å². The van der Waals surface area contributed by atoms with E-state index in [2.05, 4.69) is 15.2 Å². The number of nitrogens with two attached hydrogens (primary N) is 1. The molecule has 0 amide bonds. The monoisotopic (exact) mass is 434 g/mol. The van der Waals surface area contributed by atoms with E-state index in [0.717, 1.165) is 17.7 Å². The minimum Gasteiger partial charge on any atom is -0.366 e. The van der Waals surface area contributed by atoms with Crippen molar-refractivity contribution in [2.24, 2.45) is 0 Å². The number of nitrogens with zero attached hydrogens (tertiary/aromatic N) is 5. The third kappa shape index (κ3) is 3.47. The molecule has 0 aliphatic heterocycles. The third-order valence-corrected chi connectivity index (χ3v) is 5.36. The van der Waals surface area contributed by atoms with Crippen LogP contribution in [0.2, 0.25) is 0 Å². The highest BCUT2D eigenvalue weighted by Gasteiger charge is 2.18. The minimum atomic E-state index is -0.586. The van der Waals surface area contributed by atoms with Crippen molar-refractivity contribution in [1.29, 1.82) is 0 Å². The lowest BCUT2D eigenvalue weighted by Crippen LogP contribution is -2.06. The summed E-state index contributed by atoms with van der Waals surface area (Å²) in [5.74, 6) is -1.41. The van der Waals surface area contributed by atoms with Crippen LogP contribution in [0.1, 0.15) is 18.5 Å². The van der Waals surface area contributed by atoms with E-state index in [9.17, 15) is 8.78 Å². The Morgan fingerprint density at radius 2 is 1.62 bits per heavy atom. The first-order valence-electron chi connectivity index (χ1n) is 9.80. The molecule has 9 heteroatoms. The lowest BCUT2D eigenvalue weighted by atomic mass is 10.00. The Labute approximate surface area is 180 Å². The standard InChI is InChI=1S/C23H17F3N6/c1-13(14-2-4-17(24)5-3-14)32-12-16(11-28-32)20-10-18(25)9-19(22(20)26)15-6-7-31-21(8-15)29-23(27)30-31/h2-13H,1H3,(H2,27,30)/t13-/m1/s1. The van der Waals surface area contributed by atoms with Gasteiger partial charge in [-0.3, -0.25) is 4.68 Å². The molecule has 32 heavy (non-hydrogen) atoms. The molecule has 0 aliphatic rings. The van der Waals surface area contributed by atoms with E-state index < -0.39 is 11.6 Å². The fourth-order valence-electron chi connectivity index (χ4n) is 3.66. The van der Waals surface area contributed by atoms with E-state index in [1.54, 1.807) is 41.3 Å². The molecule has 0 aliphatic carbocycles. The van der Waals surface area contributed by atoms with Crippen LogP contribution in [-0.2, 0) is 0 Å². The van der Waals surface area contributed by atoms with Crippen LogP contribution in [0.25, 0.3) is 27.9 Å². The number of benzene rings is 2. The fraction of sp³-hybridized carbons (Fsp3) is 0.0870.